The normalized spacial score (nSPS) is 12.8. The second kappa shape index (κ2) is 8.17. The molecule has 0 aliphatic carbocycles. The molecule has 0 saturated carbocycles. The van der Waals surface area contributed by atoms with Gasteiger partial charge in [0.05, 0.1) is 26.5 Å². The van der Waals surface area contributed by atoms with Crippen LogP contribution in [-0.4, -0.2) is 26.6 Å². The molecule has 0 amide bonds. The van der Waals surface area contributed by atoms with Gasteiger partial charge in [-0.2, -0.15) is 13.2 Å². The lowest BCUT2D eigenvalue weighted by atomic mass is 10.1. The van der Waals surface area contributed by atoms with Crippen LogP contribution in [0.15, 0.2) is 54.9 Å². The molecule has 2 N–H and O–H groups in total. The van der Waals surface area contributed by atoms with Crippen LogP contribution < -0.4 is 5.32 Å². The molecule has 2 aromatic heterocycles. The first-order chi connectivity index (χ1) is 14.3. The van der Waals surface area contributed by atoms with E-state index in [1.54, 1.807) is 6.07 Å². The number of fused-ring (bicyclic) bond motifs is 1. The van der Waals surface area contributed by atoms with Crippen LogP contribution in [0.5, 0.6) is 0 Å². The van der Waals surface area contributed by atoms with Crippen LogP contribution in [-0.2, 0) is 6.18 Å². The summed E-state index contributed by atoms with van der Waals surface area (Å²) in [6.07, 6.45) is -4.08. The van der Waals surface area contributed by atoms with E-state index in [0.29, 0.717) is 22.1 Å². The molecule has 0 aliphatic heterocycles. The van der Waals surface area contributed by atoms with Crippen molar-refractivity contribution in [2.75, 3.05) is 11.9 Å². The molecule has 0 bridgehead atoms. The van der Waals surface area contributed by atoms with Crippen LogP contribution in [0.3, 0.4) is 0 Å². The van der Waals surface area contributed by atoms with Crippen LogP contribution in [0.1, 0.15) is 16.7 Å². The lowest BCUT2D eigenvalue weighted by molar-refractivity contribution is -0.137. The molecule has 1 atom stereocenters. The van der Waals surface area contributed by atoms with Gasteiger partial charge in [0.2, 0.25) is 0 Å². The van der Waals surface area contributed by atoms with Gasteiger partial charge < -0.3 is 10.4 Å². The van der Waals surface area contributed by atoms with E-state index in [4.69, 9.17) is 11.6 Å². The number of aliphatic hydroxyl groups excluding tert-OH is 1. The largest absolute Gasteiger partial charge is 0.417 e. The zero-order valence-corrected chi connectivity index (χ0v) is 16.8. The van der Waals surface area contributed by atoms with Crippen LogP contribution in [0.25, 0.3) is 21.5 Å². The number of nitrogens with zero attached hydrogens (tertiary/aromatic N) is 3. The Hall–Kier alpha value is -2.75. The van der Waals surface area contributed by atoms with E-state index in [-0.39, 0.29) is 6.54 Å². The SMILES string of the molecule is OC(CNc1cc(-c2ccc(C(F)(F)F)c(Cl)c2)ncn1)c1nc2ccccc2s1. The molecular formula is C20H14ClF3N4OS. The van der Waals surface area contributed by atoms with Crippen molar-refractivity contribution in [3.8, 4) is 11.3 Å². The summed E-state index contributed by atoms with van der Waals surface area (Å²) in [6, 6.07) is 12.6. The third-order valence-corrected chi connectivity index (χ3v) is 5.76. The summed E-state index contributed by atoms with van der Waals surface area (Å²) in [4.78, 5) is 12.6. The maximum absolute atomic E-state index is 12.9. The topological polar surface area (TPSA) is 70.9 Å². The number of nitrogens with one attached hydrogen (secondary N) is 1. The van der Waals surface area contributed by atoms with Gasteiger partial charge in [-0.3, -0.25) is 0 Å². The predicted molar refractivity (Wildman–Crippen MR) is 111 cm³/mol. The fourth-order valence-electron chi connectivity index (χ4n) is 2.84. The highest BCUT2D eigenvalue weighted by Crippen LogP contribution is 2.36. The van der Waals surface area contributed by atoms with Gasteiger partial charge in [0.25, 0.3) is 0 Å². The van der Waals surface area contributed by atoms with Gasteiger partial charge in [-0.1, -0.05) is 29.8 Å². The van der Waals surface area contributed by atoms with Crippen molar-refractivity contribution in [1.82, 2.24) is 15.0 Å². The van der Waals surface area contributed by atoms with Crippen molar-refractivity contribution < 1.29 is 18.3 Å². The molecule has 10 heteroatoms. The number of para-hydroxylation sites is 1. The van der Waals surface area contributed by atoms with E-state index in [2.05, 4.69) is 20.3 Å². The Bertz CT molecular complexity index is 1170. The average molecular weight is 451 g/mol. The number of halogens is 4. The van der Waals surface area contributed by atoms with Crippen molar-refractivity contribution in [1.29, 1.82) is 0 Å². The van der Waals surface area contributed by atoms with Gasteiger partial charge in [-0.25, -0.2) is 15.0 Å². The fourth-order valence-corrected chi connectivity index (χ4v) is 4.08. The minimum atomic E-state index is -4.52. The van der Waals surface area contributed by atoms with Gasteiger partial charge >= 0.3 is 6.18 Å². The van der Waals surface area contributed by atoms with Gasteiger partial charge in [0, 0.05) is 18.2 Å². The molecule has 2 aromatic carbocycles. The average Bonchev–Trinajstić information content (AvgIpc) is 3.15. The van der Waals surface area contributed by atoms with Crippen molar-refractivity contribution in [2.24, 2.45) is 0 Å². The van der Waals surface area contributed by atoms with E-state index < -0.39 is 22.9 Å². The standard InChI is InChI=1S/C20H14ClF3N4OS/c21-13-7-11(5-6-12(13)20(22,23)24)15-8-18(27-10-26-15)25-9-16(29)19-28-14-3-1-2-4-17(14)30-19/h1-8,10,16,29H,9H2,(H,25,26,27). The fraction of sp³-hybridized carbons (Fsp3) is 0.150. The molecule has 30 heavy (non-hydrogen) atoms. The van der Waals surface area contributed by atoms with Crippen LogP contribution in [0.2, 0.25) is 5.02 Å². The molecule has 2 heterocycles. The Morgan fingerprint density at radius 3 is 2.63 bits per heavy atom. The minimum Gasteiger partial charge on any atom is -0.384 e. The summed E-state index contributed by atoms with van der Waals surface area (Å²) < 4.78 is 39.6. The van der Waals surface area contributed by atoms with Gasteiger partial charge in [0.15, 0.2) is 0 Å². The molecule has 154 valence electrons. The van der Waals surface area contributed by atoms with Crippen molar-refractivity contribution in [3.63, 3.8) is 0 Å². The summed E-state index contributed by atoms with van der Waals surface area (Å²) in [5.41, 5.74) is 0.738. The monoisotopic (exact) mass is 450 g/mol. The second-order valence-corrected chi connectivity index (χ2v) is 7.87. The zero-order valence-electron chi connectivity index (χ0n) is 15.2. The Morgan fingerprint density at radius 2 is 1.90 bits per heavy atom. The third-order valence-electron chi connectivity index (χ3n) is 4.31. The molecule has 0 fully saturated rings. The molecular weight excluding hydrogens is 437 g/mol. The highest BCUT2D eigenvalue weighted by Gasteiger charge is 2.33. The number of aliphatic hydroxyl groups is 1. The Balaban J connectivity index is 1.49. The Morgan fingerprint density at radius 1 is 1.10 bits per heavy atom. The van der Waals surface area contributed by atoms with E-state index in [0.717, 1.165) is 16.3 Å². The number of alkyl halides is 3. The molecule has 0 aliphatic rings. The number of aromatic nitrogens is 3. The highest BCUT2D eigenvalue weighted by molar-refractivity contribution is 7.18. The predicted octanol–water partition coefficient (Wildman–Crippen LogP) is 5.57. The first-order valence-electron chi connectivity index (χ1n) is 8.78. The van der Waals surface area contributed by atoms with E-state index in [1.165, 1.54) is 29.8 Å². The van der Waals surface area contributed by atoms with E-state index >= 15 is 0 Å². The maximum Gasteiger partial charge on any atom is 0.417 e. The van der Waals surface area contributed by atoms with Crippen LogP contribution >= 0.6 is 22.9 Å². The number of benzene rings is 2. The highest BCUT2D eigenvalue weighted by atomic mass is 35.5. The van der Waals surface area contributed by atoms with E-state index in [1.807, 2.05) is 24.3 Å². The summed E-state index contributed by atoms with van der Waals surface area (Å²) in [6.45, 7) is 0.157. The van der Waals surface area contributed by atoms with Crippen LogP contribution in [0.4, 0.5) is 19.0 Å². The number of thiazole rings is 1. The number of anilines is 1. The van der Waals surface area contributed by atoms with Crippen molar-refractivity contribution >= 4 is 39.0 Å². The molecule has 4 rings (SSSR count). The number of hydrogen-bond acceptors (Lipinski definition) is 6. The summed E-state index contributed by atoms with van der Waals surface area (Å²) >= 11 is 7.19. The number of rotatable bonds is 5. The quantitative estimate of drug-likeness (QED) is 0.416. The van der Waals surface area contributed by atoms with Crippen molar-refractivity contribution in [3.05, 3.63) is 70.5 Å². The molecule has 4 aromatic rings. The minimum absolute atomic E-state index is 0.157. The molecule has 5 nitrogen and oxygen atoms in total. The Labute approximate surface area is 178 Å². The van der Waals surface area contributed by atoms with Gasteiger partial charge in [-0.15, -0.1) is 11.3 Å². The van der Waals surface area contributed by atoms with Crippen molar-refractivity contribution in [2.45, 2.75) is 12.3 Å². The van der Waals surface area contributed by atoms with Gasteiger partial charge in [-0.05, 0) is 24.3 Å². The third kappa shape index (κ3) is 4.38. The lowest BCUT2D eigenvalue weighted by Crippen LogP contribution is -2.13. The molecule has 0 saturated heterocycles. The number of hydrogen-bond donors (Lipinski definition) is 2. The van der Waals surface area contributed by atoms with Gasteiger partial charge in [0.1, 0.15) is 23.3 Å². The zero-order chi connectivity index (χ0) is 21.3. The Kier molecular flexibility index (Phi) is 5.59. The van der Waals surface area contributed by atoms with E-state index in [9.17, 15) is 18.3 Å². The maximum atomic E-state index is 12.9. The molecule has 1 unspecified atom stereocenters. The first-order valence-corrected chi connectivity index (χ1v) is 9.97. The second-order valence-electron chi connectivity index (χ2n) is 6.40. The molecule has 0 radical (unpaired) electrons. The lowest BCUT2D eigenvalue weighted by Gasteiger charge is -2.12. The summed E-state index contributed by atoms with van der Waals surface area (Å²) in [7, 11) is 0. The molecule has 0 spiro atoms. The smallest absolute Gasteiger partial charge is 0.384 e. The summed E-state index contributed by atoms with van der Waals surface area (Å²) in [5.74, 6) is 0.413. The van der Waals surface area contributed by atoms with Crippen LogP contribution in [0, 0.1) is 0 Å². The first kappa shape index (κ1) is 20.5. The summed E-state index contributed by atoms with van der Waals surface area (Å²) in [5, 5.41) is 13.6.